The Morgan fingerprint density at radius 2 is 1.49 bits per heavy atom. The zero-order valence-corrected chi connectivity index (χ0v) is 29.3. The van der Waals surface area contributed by atoms with E-state index in [1.807, 2.05) is 0 Å². The fourth-order valence-corrected chi connectivity index (χ4v) is 10.4. The molecule has 0 unspecified atom stereocenters. The Bertz CT molecular complexity index is 1900. The van der Waals surface area contributed by atoms with Crippen LogP contribution in [0.15, 0.2) is 120 Å². The van der Waals surface area contributed by atoms with Crippen molar-refractivity contribution in [2.24, 2.45) is 22.2 Å². The maximum absolute atomic E-state index is 4.93. The lowest BCUT2D eigenvalue weighted by molar-refractivity contribution is -0.0260. The summed E-state index contributed by atoms with van der Waals surface area (Å²) < 4.78 is 0. The summed E-state index contributed by atoms with van der Waals surface area (Å²) in [5.41, 5.74) is 17.2. The molecule has 0 N–H and O–H groups in total. The van der Waals surface area contributed by atoms with Crippen molar-refractivity contribution in [1.82, 2.24) is 0 Å². The standard InChI is InChI=1S/C45H52/c1-26(2)40-28(4)25-43(11)34(10)44(12)31(7)38-22-21-36(23-27(3)24-37-19-16-18-35-17-14-15-20-39(35)37)29(5)41(38)30(6)42(44)33(9)45(43,13)32(40)8/h14-22,31,34H,1,3,6,8,23-25H2,2,4-5,7,9-13H3/t31-,34+,43+,44-,45-/m1/s1. The molecule has 45 heavy (non-hydrogen) atoms. The summed E-state index contributed by atoms with van der Waals surface area (Å²) in [6, 6.07) is 20.1. The largest absolute Gasteiger partial charge is 0.0992 e. The van der Waals surface area contributed by atoms with Crippen molar-refractivity contribution in [2.75, 3.05) is 0 Å². The van der Waals surface area contributed by atoms with E-state index in [0.29, 0.717) is 11.8 Å². The van der Waals surface area contributed by atoms with Crippen molar-refractivity contribution < 1.29 is 0 Å². The van der Waals surface area contributed by atoms with Crippen LogP contribution in [0.1, 0.15) is 95.5 Å². The van der Waals surface area contributed by atoms with Crippen molar-refractivity contribution in [2.45, 2.75) is 87.5 Å². The molecule has 3 aliphatic rings. The van der Waals surface area contributed by atoms with Crippen LogP contribution in [0.4, 0.5) is 0 Å². The fourth-order valence-electron chi connectivity index (χ4n) is 10.4. The van der Waals surface area contributed by atoms with Crippen molar-refractivity contribution in [3.8, 4) is 0 Å². The summed E-state index contributed by atoms with van der Waals surface area (Å²) in [7, 11) is 0. The maximum Gasteiger partial charge on any atom is 0.0196 e. The Labute approximate surface area is 273 Å². The highest BCUT2D eigenvalue weighted by atomic mass is 14.7. The first-order valence-corrected chi connectivity index (χ1v) is 16.8. The molecule has 0 aliphatic heterocycles. The highest BCUT2D eigenvalue weighted by Gasteiger charge is 2.64. The molecule has 0 heterocycles. The van der Waals surface area contributed by atoms with Gasteiger partial charge in [0.2, 0.25) is 0 Å². The van der Waals surface area contributed by atoms with E-state index >= 15 is 0 Å². The summed E-state index contributed by atoms with van der Waals surface area (Å²) in [6.07, 6.45) is 2.81. The van der Waals surface area contributed by atoms with Crippen LogP contribution < -0.4 is 0 Å². The summed E-state index contributed by atoms with van der Waals surface area (Å²) in [6.45, 7) is 40.4. The van der Waals surface area contributed by atoms with Crippen LogP contribution in [0.3, 0.4) is 0 Å². The summed E-state index contributed by atoms with van der Waals surface area (Å²) >= 11 is 0. The molecule has 6 rings (SSSR count). The van der Waals surface area contributed by atoms with Crippen LogP contribution in [-0.4, -0.2) is 0 Å². The van der Waals surface area contributed by atoms with Crippen LogP contribution in [0, 0.1) is 29.1 Å². The average molecular weight is 593 g/mol. The van der Waals surface area contributed by atoms with E-state index in [0.717, 1.165) is 24.8 Å². The van der Waals surface area contributed by atoms with Crippen LogP contribution in [0.25, 0.3) is 16.3 Å². The lowest BCUT2D eigenvalue weighted by atomic mass is 9.37. The van der Waals surface area contributed by atoms with Crippen LogP contribution in [0.2, 0.25) is 0 Å². The van der Waals surface area contributed by atoms with E-state index in [1.54, 1.807) is 0 Å². The van der Waals surface area contributed by atoms with E-state index in [9.17, 15) is 0 Å². The first kappa shape index (κ1) is 31.3. The van der Waals surface area contributed by atoms with Crippen molar-refractivity contribution in [1.29, 1.82) is 0 Å². The maximum atomic E-state index is 4.93. The van der Waals surface area contributed by atoms with Gasteiger partial charge in [0.05, 0.1) is 0 Å². The molecule has 232 valence electrons. The normalized spacial score (nSPS) is 29.4. The molecule has 3 aliphatic carbocycles. The monoisotopic (exact) mass is 592 g/mol. The number of hydrogen-bond acceptors (Lipinski definition) is 0. The zero-order chi connectivity index (χ0) is 32.8. The number of fused-ring (bicyclic) bond motifs is 4. The lowest BCUT2D eigenvalue weighted by Gasteiger charge is -2.67. The van der Waals surface area contributed by atoms with Gasteiger partial charge < -0.3 is 0 Å². The third-order valence-electron chi connectivity index (χ3n) is 13.4. The molecule has 0 nitrogen and oxygen atoms in total. The minimum atomic E-state index is -0.173. The minimum Gasteiger partial charge on any atom is -0.0992 e. The van der Waals surface area contributed by atoms with Gasteiger partial charge >= 0.3 is 0 Å². The average Bonchev–Trinajstić information content (AvgIpc) is 2.98. The second kappa shape index (κ2) is 10.4. The molecule has 0 amide bonds. The second-order valence-corrected chi connectivity index (χ2v) is 15.4. The van der Waals surface area contributed by atoms with Crippen LogP contribution in [-0.2, 0) is 12.8 Å². The quantitative estimate of drug-likeness (QED) is 0.259. The number of hydrogen-bond donors (Lipinski definition) is 0. The zero-order valence-electron chi connectivity index (χ0n) is 29.3. The molecule has 0 radical (unpaired) electrons. The molecule has 0 aromatic heterocycles. The molecule has 0 fully saturated rings. The highest BCUT2D eigenvalue weighted by molar-refractivity contribution is 5.88. The molecule has 0 saturated heterocycles. The van der Waals surface area contributed by atoms with Crippen molar-refractivity contribution in [3.63, 3.8) is 0 Å². The van der Waals surface area contributed by atoms with Gasteiger partial charge in [0.25, 0.3) is 0 Å². The van der Waals surface area contributed by atoms with Gasteiger partial charge in [-0.1, -0.05) is 138 Å². The molecule has 0 bridgehead atoms. The molecular formula is C45H52. The van der Waals surface area contributed by atoms with E-state index in [-0.39, 0.29) is 16.2 Å². The van der Waals surface area contributed by atoms with Gasteiger partial charge in [-0.15, -0.1) is 0 Å². The van der Waals surface area contributed by atoms with Gasteiger partial charge in [-0.05, 0) is 125 Å². The topological polar surface area (TPSA) is 0 Å². The Hall–Kier alpha value is -3.64. The third-order valence-corrected chi connectivity index (χ3v) is 13.4. The predicted molar refractivity (Wildman–Crippen MR) is 197 cm³/mol. The van der Waals surface area contributed by atoms with Gasteiger partial charge in [0, 0.05) is 10.8 Å². The second-order valence-electron chi connectivity index (χ2n) is 15.4. The van der Waals surface area contributed by atoms with E-state index < -0.39 is 0 Å². The smallest absolute Gasteiger partial charge is 0.0196 e. The first-order chi connectivity index (χ1) is 21.1. The van der Waals surface area contributed by atoms with Gasteiger partial charge in [0.1, 0.15) is 0 Å². The molecule has 0 spiro atoms. The van der Waals surface area contributed by atoms with Gasteiger partial charge in [-0.3, -0.25) is 0 Å². The Morgan fingerprint density at radius 1 is 0.844 bits per heavy atom. The van der Waals surface area contributed by atoms with E-state index in [1.165, 1.54) is 77.6 Å². The van der Waals surface area contributed by atoms with Crippen molar-refractivity contribution >= 4 is 16.3 Å². The van der Waals surface area contributed by atoms with Crippen LogP contribution >= 0.6 is 0 Å². The summed E-state index contributed by atoms with van der Waals surface area (Å²) in [4.78, 5) is 0. The van der Waals surface area contributed by atoms with E-state index in [2.05, 4.69) is 130 Å². The van der Waals surface area contributed by atoms with Gasteiger partial charge in [0.15, 0.2) is 0 Å². The fraction of sp³-hybridized carbons (Fsp3) is 0.378. The number of benzene rings is 3. The lowest BCUT2D eigenvalue weighted by Crippen LogP contribution is -2.58. The van der Waals surface area contributed by atoms with E-state index in [4.69, 9.17) is 13.2 Å². The molecule has 0 saturated carbocycles. The van der Waals surface area contributed by atoms with Gasteiger partial charge in [-0.25, -0.2) is 0 Å². The predicted octanol–water partition coefficient (Wildman–Crippen LogP) is 12.5. The molecule has 3 aromatic carbocycles. The first-order valence-electron chi connectivity index (χ1n) is 16.8. The third kappa shape index (κ3) is 4.10. The highest BCUT2D eigenvalue weighted by Crippen LogP contribution is 2.74. The van der Waals surface area contributed by atoms with Crippen molar-refractivity contribution in [3.05, 3.63) is 148 Å². The minimum absolute atomic E-state index is 0.0321. The molecular weight excluding hydrogens is 540 g/mol. The molecule has 0 heteroatoms. The van der Waals surface area contributed by atoms with Gasteiger partial charge in [-0.2, -0.15) is 0 Å². The molecule has 3 aromatic rings. The SMILES string of the molecule is C=C(Cc1ccc2c(c1C)C(=C)C1=C(C)[C@@]3(C)C(=C)C(C(=C)C)=C(C)C[C@@]3(C)[C@H](C)[C@@]1(C)[C@@H]2C)Cc1cccc2ccccc12. The summed E-state index contributed by atoms with van der Waals surface area (Å²) in [5.74, 6) is 0.790. The Kier molecular flexibility index (Phi) is 7.28. The Morgan fingerprint density at radius 3 is 2.18 bits per heavy atom. The van der Waals surface area contributed by atoms with Crippen LogP contribution in [0.5, 0.6) is 0 Å². The summed E-state index contributed by atoms with van der Waals surface area (Å²) in [5, 5.41) is 2.61. The number of allylic oxidation sites excluding steroid dienone is 8. The number of rotatable bonds is 5. The molecule has 5 atom stereocenters. The Balaban J connectivity index is 1.44.